The van der Waals surface area contributed by atoms with Crippen LogP contribution in [0.5, 0.6) is 0 Å². The van der Waals surface area contributed by atoms with E-state index in [9.17, 15) is 0 Å². The molecule has 2 rings (SSSR count). The van der Waals surface area contributed by atoms with Crippen molar-refractivity contribution in [2.75, 3.05) is 11.9 Å². The summed E-state index contributed by atoms with van der Waals surface area (Å²) in [6.45, 7) is 1.26. The SMILES string of the molecule is CN(Cc1ccccc1CN)c1ncc(Br)cc1Cl. The highest BCUT2D eigenvalue weighted by Crippen LogP contribution is 2.26. The number of halogens is 2. The zero-order valence-corrected chi connectivity index (χ0v) is 12.9. The molecule has 0 bridgehead atoms. The predicted octanol–water partition coefficient (Wildman–Crippen LogP) is 3.59. The molecule has 0 spiro atoms. The maximum Gasteiger partial charge on any atom is 0.147 e. The van der Waals surface area contributed by atoms with Crippen LogP contribution in [0, 0.1) is 0 Å². The van der Waals surface area contributed by atoms with Gasteiger partial charge in [-0.2, -0.15) is 0 Å². The second kappa shape index (κ2) is 6.37. The van der Waals surface area contributed by atoms with Gasteiger partial charge in [0.25, 0.3) is 0 Å². The van der Waals surface area contributed by atoms with E-state index in [-0.39, 0.29) is 0 Å². The summed E-state index contributed by atoms with van der Waals surface area (Å²) in [4.78, 5) is 6.36. The molecule has 2 aromatic rings. The van der Waals surface area contributed by atoms with E-state index in [1.165, 1.54) is 5.56 Å². The van der Waals surface area contributed by atoms with E-state index in [0.717, 1.165) is 22.4 Å². The molecule has 3 nitrogen and oxygen atoms in total. The van der Waals surface area contributed by atoms with Gasteiger partial charge in [0.15, 0.2) is 0 Å². The molecule has 0 radical (unpaired) electrons. The molecule has 0 amide bonds. The highest BCUT2D eigenvalue weighted by Gasteiger charge is 2.10. The molecule has 1 aromatic heterocycles. The summed E-state index contributed by atoms with van der Waals surface area (Å²) in [5, 5.41) is 0.627. The number of rotatable bonds is 4. The van der Waals surface area contributed by atoms with Crippen molar-refractivity contribution < 1.29 is 0 Å². The Morgan fingerprint density at radius 3 is 2.63 bits per heavy atom. The van der Waals surface area contributed by atoms with E-state index in [0.29, 0.717) is 11.6 Å². The van der Waals surface area contributed by atoms with Crippen LogP contribution in [0.4, 0.5) is 5.82 Å². The first-order valence-electron chi connectivity index (χ1n) is 5.91. The summed E-state index contributed by atoms with van der Waals surface area (Å²) in [5.41, 5.74) is 8.08. The van der Waals surface area contributed by atoms with Gasteiger partial charge in [0, 0.05) is 30.8 Å². The topological polar surface area (TPSA) is 42.1 Å². The summed E-state index contributed by atoms with van der Waals surface area (Å²) in [7, 11) is 1.97. The minimum absolute atomic E-state index is 0.533. The standard InChI is InChI=1S/C14H15BrClN3/c1-19(14-13(16)6-12(15)8-18-14)9-11-5-3-2-4-10(11)7-17/h2-6,8H,7,9,17H2,1H3. The normalized spacial score (nSPS) is 10.5. The third-order valence-electron chi connectivity index (χ3n) is 2.90. The average Bonchev–Trinajstić information content (AvgIpc) is 2.39. The first kappa shape index (κ1) is 14.3. The third kappa shape index (κ3) is 3.47. The smallest absolute Gasteiger partial charge is 0.147 e. The highest BCUT2D eigenvalue weighted by molar-refractivity contribution is 9.10. The van der Waals surface area contributed by atoms with Crippen LogP contribution in [0.1, 0.15) is 11.1 Å². The lowest BCUT2D eigenvalue weighted by Gasteiger charge is -2.21. The zero-order chi connectivity index (χ0) is 13.8. The van der Waals surface area contributed by atoms with E-state index < -0.39 is 0 Å². The van der Waals surface area contributed by atoms with Gasteiger partial charge in [-0.1, -0.05) is 35.9 Å². The summed E-state index contributed by atoms with van der Waals surface area (Å²) >= 11 is 9.56. The number of anilines is 1. The molecule has 0 fully saturated rings. The fraction of sp³-hybridized carbons (Fsp3) is 0.214. The second-order valence-corrected chi connectivity index (χ2v) is 5.61. The van der Waals surface area contributed by atoms with E-state index in [1.54, 1.807) is 6.20 Å². The molecule has 0 aliphatic carbocycles. The molecule has 0 aliphatic rings. The Hall–Kier alpha value is -1.10. The molecule has 19 heavy (non-hydrogen) atoms. The fourth-order valence-electron chi connectivity index (χ4n) is 1.93. The van der Waals surface area contributed by atoms with Crippen LogP contribution < -0.4 is 10.6 Å². The number of hydrogen-bond donors (Lipinski definition) is 1. The quantitative estimate of drug-likeness (QED) is 0.925. The van der Waals surface area contributed by atoms with Gasteiger partial charge in [0.1, 0.15) is 5.82 Å². The van der Waals surface area contributed by atoms with Gasteiger partial charge >= 0.3 is 0 Å². The van der Waals surface area contributed by atoms with E-state index in [4.69, 9.17) is 17.3 Å². The van der Waals surface area contributed by atoms with E-state index in [1.807, 2.05) is 36.2 Å². The zero-order valence-electron chi connectivity index (χ0n) is 10.6. The van der Waals surface area contributed by atoms with Crippen LogP contribution in [0.3, 0.4) is 0 Å². The lowest BCUT2D eigenvalue weighted by atomic mass is 10.1. The van der Waals surface area contributed by atoms with Gasteiger partial charge in [0.2, 0.25) is 0 Å². The Bertz CT molecular complexity index is 574. The van der Waals surface area contributed by atoms with Crippen molar-refractivity contribution in [3.8, 4) is 0 Å². The van der Waals surface area contributed by atoms with Crippen LogP contribution in [0.15, 0.2) is 41.0 Å². The summed E-state index contributed by atoms with van der Waals surface area (Å²) < 4.78 is 0.872. The average molecular weight is 341 g/mol. The van der Waals surface area contributed by atoms with Crippen molar-refractivity contribution in [2.45, 2.75) is 13.1 Å². The number of aromatic nitrogens is 1. The van der Waals surface area contributed by atoms with Crippen molar-refractivity contribution in [3.63, 3.8) is 0 Å². The van der Waals surface area contributed by atoms with Crippen LogP contribution in [0.2, 0.25) is 5.02 Å². The lowest BCUT2D eigenvalue weighted by Crippen LogP contribution is -2.19. The molecule has 1 heterocycles. The van der Waals surface area contributed by atoms with Gasteiger partial charge in [-0.25, -0.2) is 4.98 Å². The van der Waals surface area contributed by atoms with Gasteiger partial charge in [-0.05, 0) is 33.1 Å². The molecule has 1 aromatic carbocycles. The first-order chi connectivity index (χ1) is 9.11. The minimum Gasteiger partial charge on any atom is -0.354 e. The highest BCUT2D eigenvalue weighted by atomic mass is 79.9. The number of benzene rings is 1. The van der Waals surface area contributed by atoms with Crippen LogP contribution in [-0.4, -0.2) is 12.0 Å². The molecule has 0 aliphatic heterocycles. The molecule has 100 valence electrons. The number of nitrogens with two attached hydrogens (primary N) is 1. The lowest BCUT2D eigenvalue weighted by molar-refractivity contribution is 0.876. The molecule has 0 unspecified atom stereocenters. The molecular weight excluding hydrogens is 326 g/mol. The summed E-state index contributed by atoms with van der Waals surface area (Å²) in [5.74, 6) is 0.761. The number of nitrogens with zero attached hydrogens (tertiary/aromatic N) is 2. The Labute approximate surface area is 126 Å². The summed E-state index contributed by atoms with van der Waals surface area (Å²) in [6.07, 6.45) is 1.74. The van der Waals surface area contributed by atoms with E-state index in [2.05, 4.69) is 27.0 Å². The largest absolute Gasteiger partial charge is 0.354 e. The molecular formula is C14H15BrClN3. The van der Waals surface area contributed by atoms with Crippen LogP contribution in [0.25, 0.3) is 0 Å². The number of hydrogen-bond acceptors (Lipinski definition) is 3. The van der Waals surface area contributed by atoms with Crippen molar-refractivity contribution in [2.24, 2.45) is 5.73 Å². The molecule has 5 heteroatoms. The first-order valence-corrected chi connectivity index (χ1v) is 7.08. The Balaban J connectivity index is 2.23. The second-order valence-electron chi connectivity index (χ2n) is 4.29. The van der Waals surface area contributed by atoms with Crippen LogP contribution >= 0.6 is 27.5 Å². The monoisotopic (exact) mass is 339 g/mol. The molecule has 0 saturated heterocycles. The van der Waals surface area contributed by atoms with Crippen molar-refractivity contribution in [1.29, 1.82) is 0 Å². The molecule has 0 atom stereocenters. The Morgan fingerprint density at radius 2 is 2.00 bits per heavy atom. The van der Waals surface area contributed by atoms with Crippen molar-refractivity contribution >= 4 is 33.3 Å². The van der Waals surface area contributed by atoms with Gasteiger partial charge in [-0.3, -0.25) is 0 Å². The van der Waals surface area contributed by atoms with Gasteiger partial charge in [-0.15, -0.1) is 0 Å². The minimum atomic E-state index is 0.533. The third-order valence-corrected chi connectivity index (χ3v) is 3.61. The Kier molecular flexibility index (Phi) is 4.80. The fourth-order valence-corrected chi connectivity index (χ4v) is 2.70. The molecule has 0 saturated carbocycles. The van der Waals surface area contributed by atoms with E-state index >= 15 is 0 Å². The van der Waals surface area contributed by atoms with Gasteiger partial charge < -0.3 is 10.6 Å². The van der Waals surface area contributed by atoms with Crippen molar-refractivity contribution in [3.05, 3.63) is 57.2 Å². The maximum absolute atomic E-state index is 6.21. The van der Waals surface area contributed by atoms with Gasteiger partial charge in [0.05, 0.1) is 5.02 Å². The number of pyridine rings is 1. The Morgan fingerprint density at radius 1 is 1.32 bits per heavy atom. The summed E-state index contributed by atoms with van der Waals surface area (Å²) in [6, 6.07) is 9.97. The maximum atomic E-state index is 6.21. The predicted molar refractivity (Wildman–Crippen MR) is 83.4 cm³/mol. The van der Waals surface area contributed by atoms with Crippen LogP contribution in [-0.2, 0) is 13.1 Å². The van der Waals surface area contributed by atoms with Crippen molar-refractivity contribution in [1.82, 2.24) is 4.98 Å². The molecule has 2 N–H and O–H groups in total.